The van der Waals surface area contributed by atoms with Crippen LogP contribution in [0.25, 0.3) is 0 Å². The zero-order valence-electron chi connectivity index (χ0n) is 8.69. The summed E-state index contributed by atoms with van der Waals surface area (Å²) in [5.41, 5.74) is 2.16. The summed E-state index contributed by atoms with van der Waals surface area (Å²) in [6.07, 6.45) is -3.27. The molecule has 0 spiro atoms. The Morgan fingerprint density at radius 2 is 1.87 bits per heavy atom. The fourth-order valence-corrected chi connectivity index (χ4v) is 1.48. The molecule has 1 aliphatic carbocycles. The van der Waals surface area contributed by atoms with Crippen molar-refractivity contribution < 1.29 is 18.0 Å². The summed E-state index contributed by atoms with van der Waals surface area (Å²) < 4.78 is 37.0. The molecule has 0 bridgehead atoms. The van der Waals surface area contributed by atoms with Crippen molar-refractivity contribution in [3.05, 3.63) is 0 Å². The molecule has 1 fully saturated rings. The summed E-state index contributed by atoms with van der Waals surface area (Å²) in [7, 11) is 0. The molecule has 88 valence electrons. The molecular weight excluding hydrogens is 209 g/mol. The molecule has 1 atom stereocenters. The molecule has 0 saturated heterocycles. The molecule has 1 unspecified atom stereocenters. The van der Waals surface area contributed by atoms with Crippen LogP contribution in [0.1, 0.15) is 26.7 Å². The summed E-state index contributed by atoms with van der Waals surface area (Å²) in [4.78, 5) is 11.3. The lowest BCUT2D eigenvalue weighted by Crippen LogP contribution is -2.63. The SMILES string of the molecule is CC1CC(NC(=O)C(C)(N)C(F)(F)F)C1. The first-order valence-corrected chi connectivity index (χ1v) is 4.81. The number of rotatable bonds is 2. The Labute approximate surface area is 86.2 Å². The second-order valence-electron chi connectivity index (χ2n) is 4.45. The van der Waals surface area contributed by atoms with Gasteiger partial charge in [0.1, 0.15) is 0 Å². The molecule has 0 aromatic rings. The van der Waals surface area contributed by atoms with Gasteiger partial charge in [-0.2, -0.15) is 13.2 Å². The van der Waals surface area contributed by atoms with Crippen LogP contribution < -0.4 is 11.1 Å². The lowest BCUT2D eigenvalue weighted by atomic mass is 9.81. The molecule has 15 heavy (non-hydrogen) atoms. The number of halogens is 3. The van der Waals surface area contributed by atoms with E-state index in [2.05, 4.69) is 5.32 Å². The van der Waals surface area contributed by atoms with Gasteiger partial charge in [0.05, 0.1) is 0 Å². The summed E-state index contributed by atoms with van der Waals surface area (Å²) in [5, 5.41) is 2.31. The van der Waals surface area contributed by atoms with Crippen LogP contribution in [0.3, 0.4) is 0 Å². The van der Waals surface area contributed by atoms with Crippen LogP contribution in [0.5, 0.6) is 0 Å². The highest BCUT2D eigenvalue weighted by molar-refractivity contribution is 5.86. The number of nitrogens with two attached hydrogens (primary N) is 1. The van der Waals surface area contributed by atoms with Gasteiger partial charge in [-0.15, -0.1) is 0 Å². The van der Waals surface area contributed by atoms with Gasteiger partial charge in [0.15, 0.2) is 5.54 Å². The van der Waals surface area contributed by atoms with E-state index < -0.39 is 17.6 Å². The van der Waals surface area contributed by atoms with Gasteiger partial charge in [-0.3, -0.25) is 4.79 Å². The van der Waals surface area contributed by atoms with Gasteiger partial charge >= 0.3 is 6.18 Å². The van der Waals surface area contributed by atoms with E-state index in [1.165, 1.54) is 0 Å². The topological polar surface area (TPSA) is 55.1 Å². The van der Waals surface area contributed by atoms with Crippen LogP contribution in [-0.2, 0) is 4.79 Å². The molecule has 0 aromatic carbocycles. The van der Waals surface area contributed by atoms with Gasteiger partial charge in [-0.05, 0) is 25.7 Å². The molecular formula is C9H15F3N2O. The van der Waals surface area contributed by atoms with E-state index in [0.29, 0.717) is 12.8 Å². The van der Waals surface area contributed by atoms with Crippen LogP contribution in [-0.4, -0.2) is 23.7 Å². The average Bonchev–Trinajstić information content (AvgIpc) is 1.99. The third-order valence-electron chi connectivity index (χ3n) is 2.77. The molecule has 3 nitrogen and oxygen atoms in total. The first-order valence-electron chi connectivity index (χ1n) is 4.81. The van der Waals surface area contributed by atoms with E-state index in [4.69, 9.17) is 5.73 Å². The van der Waals surface area contributed by atoms with Crippen molar-refractivity contribution in [2.24, 2.45) is 11.7 Å². The van der Waals surface area contributed by atoms with Crippen LogP contribution in [0, 0.1) is 5.92 Å². The highest BCUT2D eigenvalue weighted by atomic mass is 19.4. The molecule has 0 aromatic heterocycles. The Morgan fingerprint density at radius 3 is 2.20 bits per heavy atom. The second-order valence-corrected chi connectivity index (χ2v) is 4.45. The van der Waals surface area contributed by atoms with Gasteiger partial charge in [0.25, 0.3) is 0 Å². The number of carbonyl (C=O) groups is 1. The summed E-state index contributed by atoms with van der Waals surface area (Å²) >= 11 is 0. The minimum absolute atomic E-state index is 0.155. The molecule has 6 heteroatoms. The van der Waals surface area contributed by atoms with E-state index in [1.807, 2.05) is 6.92 Å². The first kappa shape index (κ1) is 12.3. The number of hydrogen-bond donors (Lipinski definition) is 2. The maximum atomic E-state index is 12.3. The number of carbonyl (C=O) groups excluding carboxylic acids is 1. The summed E-state index contributed by atoms with van der Waals surface area (Å²) in [5.74, 6) is -0.683. The average molecular weight is 224 g/mol. The highest BCUT2D eigenvalue weighted by Gasteiger charge is 2.54. The smallest absolute Gasteiger partial charge is 0.351 e. The van der Waals surface area contributed by atoms with Gasteiger partial charge in [0, 0.05) is 6.04 Å². The fourth-order valence-electron chi connectivity index (χ4n) is 1.48. The summed E-state index contributed by atoms with van der Waals surface area (Å²) in [6.45, 7) is 2.67. The number of amides is 1. The van der Waals surface area contributed by atoms with Crippen molar-refractivity contribution >= 4 is 5.91 Å². The van der Waals surface area contributed by atoms with E-state index in [0.717, 1.165) is 12.8 Å². The van der Waals surface area contributed by atoms with Gasteiger partial charge < -0.3 is 11.1 Å². The van der Waals surface area contributed by atoms with Gasteiger partial charge in [0.2, 0.25) is 5.91 Å². The van der Waals surface area contributed by atoms with Crippen LogP contribution in [0.15, 0.2) is 0 Å². The largest absolute Gasteiger partial charge is 0.415 e. The molecule has 1 amide bonds. The predicted octanol–water partition coefficient (Wildman–Crippen LogP) is 1.18. The number of hydrogen-bond acceptors (Lipinski definition) is 2. The molecule has 0 aliphatic heterocycles. The van der Waals surface area contributed by atoms with Crippen molar-refractivity contribution in [2.75, 3.05) is 0 Å². The van der Waals surface area contributed by atoms with Gasteiger partial charge in [-0.1, -0.05) is 6.92 Å². The maximum absolute atomic E-state index is 12.3. The number of alkyl halides is 3. The molecule has 3 N–H and O–H groups in total. The molecule has 1 saturated carbocycles. The van der Waals surface area contributed by atoms with Crippen molar-refractivity contribution in [1.82, 2.24) is 5.32 Å². The summed E-state index contributed by atoms with van der Waals surface area (Å²) in [6, 6.07) is -0.155. The van der Waals surface area contributed by atoms with Crippen LogP contribution >= 0.6 is 0 Å². The zero-order chi connectivity index (χ0) is 11.9. The Morgan fingerprint density at radius 1 is 1.40 bits per heavy atom. The predicted molar refractivity (Wildman–Crippen MR) is 49.0 cm³/mol. The number of nitrogens with one attached hydrogen (secondary N) is 1. The molecule has 1 aliphatic rings. The lowest BCUT2D eigenvalue weighted by molar-refractivity contribution is -0.188. The van der Waals surface area contributed by atoms with E-state index in [-0.39, 0.29) is 6.04 Å². The first-order chi connectivity index (χ1) is 6.64. The van der Waals surface area contributed by atoms with Crippen molar-refractivity contribution in [3.63, 3.8) is 0 Å². The monoisotopic (exact) mass is 224 g/mol. The fraction of sp³-hybridized carbons (Fsp3) is 0.889. The van der Waals surface area contributed by atoms with Crippen LogP contribution in [0.4, 0.5) is 13.2 Å². The second kappa shape index (κ2) is 3.66. The molecule has 0 radical (unpaired) electrons. The van der Waals surface area contributed by atoms with Crippen LogP contribution in [0.2, 0.25) is 0 Å². The van der Waals surface area contributed by atoms with Crippen molar-refractivity contribution in [3.8, 4) is 0 Å². The lowest BCUT2D eigenvalue weighted by Gasteiger charge is -2.36. The molecule has 1 rings (SSSR count). The maximum Gasteiger partial charge on any atom is 0.415 e. The minimum atomic E-state index is -4.72. The Kier molecular flexibility index (Phi) is 3.00. The van der Waals surface area contributed by atoms with E-state index >= 15 is 0 Å². The van der Waals surface area contributed by atoms with Gasteiger partial charge in [-0.25, -0.2) is 0 Å². The zero-order valence-corrected chi connectivity index (χ0v) is 8.69. The van der Waals surface area contributed by atoms with Crippen molar-refractivity contribution in [2.45, 2.75) is 44.4 Å². The third kappa shape index (κ3) is 2.42. The quantitative estimate of drug-likeness (QED) is 0.740. The standard InChI is InChI=1S/C9H15F3N2O/c1-5-3-6(4-5)14-7(15)8(2,13)9(10,11)12/h5-6H,3-4,13H2,1-2H3,(H,14,15). The van der Waals surface area contributed by atoms with E-state index in [1.54, 1.807) is 0 Å². The molecule has 0 heterocycles. The third-order valence-corrected chi connectivity index (χ3v) is 2.77. The minimum Gasteiger partial charge on any atom is -0.351 e. The normalized spacial score (nSPS) is 30.3. The van der Waals surface area contributed by atoms with Crippen molar-refractivity contribution in [1.29, 1.82) is 0 Å². The Bertz CT molecular complexity index is 257. The highest BCUT2D eigenvalue weighted by Crippen LogP contribution is 2.30. The van der Waals surface area contributed by atoms with E-state index in [9.17, 15) is 18.0 Å². The Balaban J connectivity index is 2.53. The Hall–Kier alpha value is -0.780.